The Balaban J connectivity index is 2.49. The molecule has 1 aliphatic rings. The highest BCUT2D eigenvalue weighted by atomic mass is 16.5. The average molecular weight is 229 g/mol. The van der Waals surface area contributed by atoms with E-state index in [9.17, 15) is 9.90 Å². The zero-order chi connectivity index (χ0) is 12.3. The summed E-state index contributed by atoms with van der Waals surface area (Å²) in [5, 5.41) is 9.28. The van der Waals surface area contributed by atoms with Gasteiger partial charge in [-0.2, -0.15) is 0 Å². The summed E-state index contributed by atoms with van der Waals surface area (Å²) in [6.45, 7) is 8.26. The highest BCUT2D eigenvalue weighted by Crippen LogP contribution is 2.21. The number of piperidine rings is 1. The van der Waals surface area contributed by atoms with Crippen LogP contribution in [-0.2, 0) is 9.53 Å². The third-order valence-corrected chi connectivity index (χ3v) is 2.93. The number of rotatable bonds is 3. The normalized spacial score (nSPS) is 28.2. The van der Waals surface area contributed by atoms with Gasteiger partial charge in [0, 0.05) is 12.6 Å². The van der Waals surface area contributed by atoms with Crippen molar-refractivity contribution in [3.8, 4) is 0 Å². The second-order valence-electron chi connectivity index (χ2n) is 4.89. The molecule has 0 unspecified atom stereocenters. The third-order valence-electron chi connectivity index (χ3n) is 2.93. The zero-order valence-electron chi connectivity index (χ0n) is 10.6. The van der Waals surface area contributed by atoms with E-state index in [-0.39, 0.29) is 24.2 Å². The minimum Gasteiger partial charge on any atom is -0.384 e. The monoisotopic (exact) mass is 229 g/mol. The Labute approximate surface area is 97.6 Å². The first-order valence-electron chi connectivity index (χ1n) is 6.05. The lowest BCUT2D eigenvalue weighted by Crippen LogP contribution is -2.50. The van der Waals surface area contributed by atoms with Gasteiger partial charge in [0.25, 0.3) is 5.91 Å². The molecule has 1 fully saturated rings. The summed E-state index contributed by atoms with van der Waals surface area (Å²) >= 11 is 0. The number of likely N-dealkylation sites (tertiary alicyclic amines) is 1. The maximum Gasteiger partial charge on any atom is 0.251 e. The van der Waals surface area contributed by atoms with Gasteiger partial charge >= 0.3 is 0 Å². The van der Waals surface area contributed by atoms with Crippen LogP contribution in [0.3, 0.4) is 0 Å². The predicted octanol–water partition coefficient (Wildman–Crippen LogP) is 1.17. The summed E-state index contributed by atoms with van der Waals surface area (Å²) in [4.78, 5) is 13.4. The molecule has 1 rings (SSSR count). The van der Waals surface area contributed by atoms with E-state index >= 15 is 0 Å². The summed E-state index contributed by atoms with van der Waals surface area (Å²) in [6, 6.07) is 0.152. The molecule has 94 valence electrons. The number of nitrogens with zero attached hydrogens (tertiary/aromatic N) is 1. The van der Waals surface area contributed by atoms with Crippen molar-refractivity contribution in [3.05, 3.63) is 0 Å². The molecule has 0 bridgehead atoms. The Morgan fingerprint density at radius 3 is 2.50 bits per heavy atom. The summed E-state index contributed by atoms with van der Waals surface area (Å²) < 4.78 is 5.75. The molecule has 1 amide bonds. The van der Waals surface area contributed by atoms with Gasteiger partial charge in [0.1, 0.15) is 6.10 Å². The topological polar surface area (TPSA) is 49.8 Å². The average Bonchev–Trinajstić information content (AvgIpc) is 2.15. The quantitative estimate of drug-likeness (QED) is 0.790. The number of aliphatic hydroxyl groups is 1. The van der Waals surface area contributed by atoms with E-state index in [1.165, 1.54) is 6.92 Å². The fourth-order valence-electron chi connectivity index (χ4n) is 2.20. The van der Waals surface area contributed by atoms with Crippen molar-refractivity contribution in [1.29, 1.82) is 0 Å². The number of ether oxygens (including phenoxy) is 1. The van der Waals surface area contributed by atoms with Gasteiger partial charge in [0.05, 0.1) is 12.2 Å². The van der Waals surface area contributed by atoms with Crippen LogP contribution in [0.4, 0.5) is 0 Å². The SMILES string of the molecule is CC(C)O[C@H]1CCN(C(=O)[C@@H](C)O)[C@H](C)C1. The zero-order valence-corrected chi connectivity index (χ0v) is 10.6. The van der Waals surface area contributed by atoms with Crippen molar-refractivity contribution in [2.24, 2.45) is 0 Å². The first-order valence-corrected chi connectivity index (χ1v) is 6.05. The first kappa shape index (κ1) is 13.5. The number of carbonyl (C=O) groups is 1. The fraction of sp³-hybridized carbons (Fsp3) is 0.917. The second kappa shape index (κ2) is 5.64. The number of amides is 1. The minimum atomic E-state index is -0.898. The first-order chi connectivity index (χ1) is 7.41. The standard InChI is InChI=1S/C12H23NO3/c1-8(2)16-11-5-6-13(9(3)7-11)12(15)10(4)14/h8-11,14H,5-7H2,1-4H3/t9-,10-,11+/m1/s1. The molecule has 0 aromatic carbocycles. The van der Waals surface area contributed by atoms with Gasteiger partial charge in [-0.3, -0.25) is 4.79 Å². The molecular weight excluding hydrogens is 206 g/mol. The number of hydrogen-bond acceptors (Lipinski definition) is 3. The van der Waals surface area contributed by atoms with Crippen molar-refractivity contribution in [2.75, 3.05) is 6.54 Å². The van der Waals surface area contributed by atoms with Crippen LogP contribution in [0.2, 0.25) is 0 Å². The summed E-state index contributed by atoms with van der Waals surface area (Å²) in [5.74, 6) is -0.171. The Morgan fingerprint density at radius 1 is 1.44 bits per heavy atom. The summed E-state index contributed by atoms with van der Waals surface area (Å²) in [6.07, 6.45) is 1.30. The lowest BCUT2D eigenvalue weighted by Gasteiger charge is -2.38. The van der Waals surface area contributed by atoms with Crippen molar-refractivity contribution in [1.82, 2.24) is 4.90 Å². The van der Waals surface area contributed by atoms with Crippen LogP contribution in [0, 0.1) is 0 Å². The van der Waals surface area contributed by atoms with Crippen LogP contribution in [0.25, 0.3) is 0 Å². The molecular formula is C12H23NO3. The Hall–Kier alpha value is -0.610. The van der Waals surface area contributed by atoms with E-state index in [0.29, 0.717) is 6.54 Å². The van der Waals surface area contributed by atoms with Gasteiger partial charge in [-0.25, -0.2) is 0 Å². The van der Waals surface area contributed by atoms with Gasteiger partial charge in [0.15, 0.2) is 0 Å². The molecule has 1 saturated heterocycles. The Kier molecular flexibility index (Phi) is 4.74. The number of aliphatic hydroxyl groups excluding tert-OH is 1. The summed E-state index contributed by atoms with van der Waals surface area (Å²) in [5.41, 5.74) is 0. The maximum absolute atomic E-state index is 11.7. The minimum absolute atomic E-state index is 0.152. The van der Waals surface area contributed by atoms with Crippen LogP contribution < -0.4 is 0 Å². The van der Waals surface area contributed by atoms with Gasteiger partial charge in [-0.15, -0.1) is 0 Å². The summed E-state index contributed by atoms with van der Waals surface area (Å²) in [7, 11) is 0. The number of hydrogen-bond donors (Lipinski definition) is 1. The van der Waals surface area contributed by atoms with E-state index in [1.54, 1.807) is 4.90 Å². The molecule has 0 aliphatic carbocycles. The molecule has 4 nitrogen and oxygen atoms in total. The van der Waals surface area contributed by atoms with Gasteiger partial charge < -0.3 is 14.7 Å². The Bertz CT molecular complexity index is 240. The maximum atomic E-state index is 11.7. The highest BCUT2D eigenvalue weighted by molar-refractivity contribution is 5.80. The van der Waals surface area contributed by atoms with Crippen LogP contribution in [0.1, 0.15) is 40.5 Å². The highest BCUT2D eigenvalue weighted by Gasteiger charge is 2.31. The van der Waals surface area contributed by atoms with Crippen LogP contribution in [-0.4, -0.2) is 46.8 Å². The molecule has 16 heavy (non-hydrogen) atoms. The predicted molar refractivity (Wildman–Crippen MR) is 62.1 cm³/mol. The molecule has 4 heteroatoms. The van der Waals surface area contributed by atoms with Crippen molar-refractivity contribution >= 4 is 5.91 Å². The Morgan fingerprint density at radius 2 is 2.06 bits per heavy atom. The van der Waals surface area contributed by atoms with Gasteiger partial charge in [-0.1, -0.05) is 0 Å². The fourth-order valence-corrected chi connectivity index (χ4v) is 2.20. The van der Waals surface area contributed by atoms with E-state index in [4.69, 9.17) is 4.74 Å². The van der Waals surface area contributed by atoms with Crippen molar-refractivity contribution in [2.45, 2.75) is 64.9 Å². The van der Waals surface area contributed by atoms with Crippen LogP contribution in [0.5, 0.6) is 0 Å². The molecule has 1 aliphatic heterocycles. The third kappa shape index (κ3) is 3.46. The second-order valence-corrected chi connectivity index (χ2v) is 4.89. The molecule has 1 heterocycles. The van der Waals surface area contributed by atoms with Crippen LogP contribution >= 0.6 is 0 Å². The lowest BCUT2D eigenvalue weighted by molar-refractivity contribution is -0.145. The molecule has 0 radical (unpaired) electrons. The van der Waals surface area contributed by atoms with Gasteiger partial charge in [0.2, 0.25) is 0 Å². The number of carbonyl (C=O) groups excluding carboxylic acids is 1. The molecule has 1 N–H and O–H groups in total. The molecule has 0 spiro atoms. The van der Waals surface area contributed by atoms with Crippen molar-refractivity contribution < 1.29 is 14.6 Å². The van der Waals surface area contributed by atoms with Crippen molar-refractivity contribution in [3.63, 3.8) is 0 Å². The molecule has 3 atom stereocenters. The van der Waals surface area contributed by atoms with E-state index < -0.39 is 6.10 Å². The van der Waals surface area contributed by atoms with E-state index in [1.807, 2.05) is 20.8 Å². The smallest absolute Gasteiger partial charge is 0.251 e. The van der Waals surface area contributed by atoms with Gasteiger partial charge in [-0.05, 0) is 40.5 Å². The lowest BCUT2D eigenvalue weighted by atomic mass is 10.00. The molecule has 0 aromatic rings. The molecule has 0 saturated carbocycles. The molecule has 0 aromatic heterocycles. The van der Waals surface area contributed by atoms with E-state index in [0.717, 1.165) is 12.8 Å². The largest absolute Gasteiger partial charge is 0.384 e. The van der Waals surface area contributed by atoms with Crippen LogP contribution in [0.15, 0.2) is 0 Å². The van der Waals surface area contributed by atoms with E-state index in [2.05, 4.69) is 0 Å².